The molecular weight excluding hydrogens is 260 g/mol. The van der Waals surface area contributed by atoms with Crippen LogP contribution in [0.15, 0.2) is 12.4 Å². The quantitative estimate of drug-likeness (QED) is 0.492. The minimum atomic E-state index is -1.08. The van der Waals surface area contributed by atoms with Crippen molar-refractivity contribution in [2.24, 2.45) is 0 Å². The minimum absolute atomic E-state index is 0.289. The Hall–Kier alpha value is -1.73. The van der Waals surface area contributed by atoms with Gasteiger partial charge in [-0.2, -0.15) is 0 Å². The first kappa shape index (κ1) is 16.3. The van der Waals surface area contributed by atoms with Crippen molar-refractivity contribution in [1.82, 2.24) is 15.3 Å². The molecule has 7 nitrogen and oxygen atoms in total. The summed E-state index contributed by atoms with van der Waals surface area (Å²) in [6.45, 7) is 4.66. The number of rotatable bonds is 9. The highest BCUT2D eigenvalue weighted by Crippen LogP contribution is 2.02. The van der Waals surface area contributed by atoms with E-state index >= 15 is 0 Å². The Bertz CT molecular complexity index is 409. The number of aliphatic carboxylic acids is 1. The summed E-state index contributed by atoms with van der Waals surface area (Å²) in [5.74, 6) is -0.522. The zero-order valence-corrected chi connectivity index (χ0v) is 11.8. The Morgan fingerprint density at radius 1 is 1.40 bits per heavy atom. The van der Waals surface area contributed by atoms with Gasteiger partial charge in [-0.3, -0.25) is 10.1 Å². The minimum Gasteiger partial charge on any atom is -0.480 e. The van der Waals surface area contributed by atoms with Gasteiger partial charge in [-0.05, 0) is 13.3 Å². The zero-order chi connectivity index (χ0) is 15.0. The van der Waals surface area contributed by atoms with Crippen molar-refractivity contribution in [3.63, 3.8) is 0 Å². The van der Waals surface area contributed by atoms with Gasteiger partial charge in [-0.25, -0.2) is 9.97 Å². The smallest absolute Gasteiger partial charge is 0.323 e. The van der Waals surface area contributed by atoms with Gasteiger partial charge in [0.15, 0.2) is 0 Å². The van der Waals surface area contributed by atoms with Crippen LogP contribution in [0.4, 0.5) is 5.95 Å². The number of hydrogen-bond acceptors (Lipinski definition) is 6. The molecule has 0 aromatic carbocycles. The van der Waals surface area contributed by atoms with E-state index in [1.807, 2.05) is 0 Å². The molecule has 0 saturated carbocycles. The number of nitrogens with zero attached hydrogens (tertiary/aromatic N) is 2. The van der Waals surface area contributed by atoms with E-state index in [0.717, 1.165) is 24.9 Å². The number of carbonyl (C=O) groups is 1. The number of aliphatic hydroxyl groups is 1. The predicted molar refractivity (Wildman–Crippen MR) is 75.4 cm³/mol. The van der Waals surface area contributed by atoms with Crippen LogP contribution in [0.1, 0.15) is 32.3 Å². The Morgan fingerprint density at radius 2 is 2.05 bits per heavy atom. The molecule has 20 heavy (non-hydrogen) atoms. The molecule has 0 spiro atoms. The molecule has 1 heterocycles. The molecule has 0 aliphatic carbocycles. The van der Waals surface area contributed by atoms with Gasteiger partial charge < -0.3 is 15.5 Å². The van der Waals surface area contributed by atoms with E-state index in [-0.39, 0.29) is 6.54 Å². The standard InChI is InChI=1S/C13H22N4O3/c1-3-4-5-14-13-16-7-10(8-17-13)6-15-11(9(2)18)12(19)20/h7-9,11,15,18H,3-6H2,1-2H3,(H,19,20)(H,14,16,17)/t9-,11+/m1/s1. The van der Waals surface area contributed by atoms with Crippen LogP contribution < -0.4 is 10.6 Å². The normalized spacial score (nSPS) is 13.8. The fourth-order valence-electron chi connectivity index (χ4n) is 1.61. The monoisotopic (exact) mass is 282 g/mol. The molecule has 0 unspecified atom stereocenters. The van der Waals surface area contributed by atoms with Gasteiger partial charge in [0.25, 0.3) is 0 Å². The first-order chi connectivity index (χ1) is 9.54. The van der Waals surface area contributed by atoms with Crippen LogP contribution in [0.3, 0.4) is 0 Å². The lowest BCUT2D eigenvalue weighted by molar-refractivity contribution is -0.142. The summed E-state index contributed by atoms with van der Waals surface area (Å²) in [7, 11) is 0. The summed E-state index contributed by atoms with van der Waals surface area (Å²) < 4.78 is 0. The highest BCUT2D eigenvalue weighted by molar-refractivity contribution is 5.74. The molecule has 1 aromatic heterocycles. The average Bonchev–Trinajstić information content (AvgIpc) is 2.40. The molecule has 0 bridgehead atoms. The number of anilines is 1. The number of unbranched alkanes of at least 4 members (excludes halogenated alkanes) is 1. The van der Waals surface area contributed by atoms with Crippen LogP contribution in [-0.4, -0.2) is 44.8 Å². The molecule has 1 aromatic rings. The van der Waals surface area contributed by atoms with Gasteiger partial charge in [0.05, 0.1) is 6.10 Å². The number of carboxylic acids is 1. The topological polar surface area (TPSA) is 107 Å². The third-order valence-electron chi connectivity index (χ3n) is 2.79. The van der Waals surface area contributed by atoms with Gasteiger partial charge in [0, 0.05) is 31.0 Å². The molecule has 112 valence electrons. The largest absolute Gasteiger partial charge is 0.480 e. The summed E-state index contributed by atoms with van der Waals surface area (Å²) in [6, 6.07) is -1.00. The van der Waals surface area contributed by atoms with E-state index < -0.39 is 18.1 Å². The molecule has 0 amide bonds. The van der Waals surface area contributed by atoms with Crippen molar-refractivity contribution < 1.29 is 15.0 Å². The third kappa shape index (κ3) is 5.50. The summed E-state index contributed by atoms with van der Waals surface area (Å²) in [5, 5.41) is 24.1. The number of aliphatic hydroxyl groups excluding tert-OH is 1. The Labute approximate surface area is 118 Å². The molecule has 0 radical (unpaired) electrons. The lowest BCUT2D eigenvalue weighted by atomic mass is 10.2. The molecular formula is C13H22N4O3. The van der Waals surface area contributed by atoms with Gasteiger partial charge in [-0.1, -0.05) is 13.3 Å². The second-order valence-corrected chi connectivity index (χ2v) is 4.63. The lowest BCUT2D eigenvalue weighted by Crippen LogP contribution is -2.44. The highest BCUT2D eigenvalue weighted by atomic mass is 16.4. The summed E-state index contributed by atoms with van der Waals surface area (Å²) in [5.41, 5.74) is 0.762. The SMILES string of the molecule is CCCCNc1ncc(CN[C@H](C(=O)O)[C@@H](C)O)cn1. The first-order valence-corrected chi connectivity index (χ1v) is 6.73. The lowest BCUT2D eigenvalue weighted by Gasteiger charge is -2.16. The first-order valence-electron chi connectivity index (χ1n) is 6.73. The molecule has 0 aliphatic rings. The predicted octanol–water partition coefficient (Wildman–Crippen LogP) is 0.612. The van der Waals surface area contributed by atoms with E-state index in [1.165, 1.54) is 6.92 Å². The maximum absolute atomic E-state index is 10.9. The van der Waals surface area contributed by atoms with Crippen molar-refractivity contribution in [3.8, 4) is 0 Å². The van der Waals surface area contributed by atoms with Crippen LogP contribution in [0.2, 0.25) is 0 Å². The van der Waals surface area contributed by atoms with E-state index in [1.54, 1.807) is 12.4 Å². The Morgan fingerprint density at radius 3 is 2.55 bits per heavy atom. The van der Waals surface area contributed by atoms with Crippen molar-refractivity contribution in [1.29, 1.82) is 0 Å². The van der Waals surface area contributed by atoms with E-state index in [2.05, 4.69) is 27.5 Å². The number of aromatic nitrogens is 2. The van der Waals surface area contributed by atoms with Crippen LogP contribution >= 0.6 is 0 Å². The van der Waals surface area contributed by atoms with E-state index in [0.29, 0.717) is 5.95 Å². The second-order valence-electron chi connectivity index (χ2n) is 4.63. The van der Waals surface area contributed by atoms with Crippen molar-refractivity contribution in [3.05, 3.63) is 18.0 Å². The zero-order valence-electron chi connectivity index (χ0n) is 11.8. The van der Waals surface area contributed by atoms with Crippen LogP contribution in [0.5, 0.6) is 0 Å². The van der Waals surface area contributed by atoms with E-state index in [4.69, 9.17) is 5.11 Å². The van der Waals surface area contributed by atoms with Crippen molar-refractivity contribution in [2.75, 3.05) is 11.9 Å². The van der Waals surface area contributed by atoms with Crippen molar-refractivity contribution in [2.45, 2.75) is 45.4 Å². The molecule has 0 saturated heterocycles. The average molecular weight is 282 g/mol. The molecule has 7 heteroatoms. The van der Waals surface area contributed by atoms with Gasteiger partial charge in [0.1, 0.15) is 6.04 Å². The molecule has 4 N–H and O–H groups in total. The molecule has 2 atom stereocenters. The fraction of sp³-hybridized carbons (Fsp3) is 0.615. The molecule has 0 fully saturated rings. The van der Waals surface area contributed by atoms with Crippen LogP contribution in [0, 0.1) is 0 Å². The number of hydrogen-bond donors (Lipinski definition) is 4. The van der Waals surface area contributed by atoms with E-state index in [9.17, 15) is 9.90 Å². The summed E-state index contributed by atoms with van der Waals surface area (Å²) in [4.78, 5) is 19.2. The highest BCUT2D eigenvalue weighted by Gasteiger charge is 2.22. The number of carboxylic acid groups (broad SMARTS) is 1. The maximum atomic E-state index is 10.9. The van der Waals surface area contributed by atoms with Gasteiger partial charge in [0.2, 0.25) is 5.95 Å². The van der Waals surface area contributed by atoms with Crippen molar-refractivity contribution >= 4 is 11.9 Å². The van der Waals surface area contributed by atoms with Gasteiger partial charge in [-0.15, -0.1) is 0 Å². The Balaban J connectivity index is 2.46. The van der Waals surface area contributed by atoms with Gasteiger partial charge >= 0.3 is 5.97 Å². The second kappa shape index (κ2) is 8.44. The summed E-state index contributed by atoms with van der Waals surface area (Å²) >= 11 is 0. The van der Waals surface area contributed by atoms with Crippen LogP contribution in [0.25, 0.3) is 0 Å². The van der Waals surface area contributed by atoms with Crippen LogP contribution in [-0.2, 0) is 11.3 Å². The number of nitrogens with one attached hydrogen (secondary N) is 2. The third-order valence-corrected chi connectivity index (χ3v) is 2.79. The summed E-state index contributed by atoms with van der Waals surface area (Å²) in [6.07, 6.45) is 4.46. The molecule has 0 aliphatic heterocycles. The fourth-order valence-corrected chi connectivity index (χ4v) is 1.61. The Kier molecular flexibility index (Phi) is 6.89. The maximum Gasteiger partial charge on any atom is 0.323 e. The molecule has 1 rings (SSSR count).